The van der Waals surface area contributed by atoms with Crippen LogP contribution in [0.4, 0.5) is 0 Å². The number of imidazole rings is 1. The molecule has 5 nitrogen and oxygen atoms in total. The molecular formula is C21H25BrN2O3S. The number of fused-ring (bicyclic) bond motifs is 1. The first-order valence-corrected chi connectivity index (χ1v) is 11.7. The summed E-state index contributed by atoms with van der Waals surface area (Å²) in [5, 5.41) is 11.2. The van der Waals surface area contributed by atoms with Gasteiger partial charge in [-0.3, -0.25) is 0 Å². The zero-order valence-corrected chi connectivity index (χ0v) is 19.3. The average Bonchev–Trinajstić information content (AvgIpc) is 2.96. The van der Waals surface area contributed by atoms with Crippen LogP contribution in [0.1, 0.15) is 51.7 Å². The van der Waals surface area contributed by atoms with Crippen molar-refractivity contribution in [2.75, 3.05) is 6.26 Å². The number of hydrogen-bond donors (Lipinski definition) is 2. The molecule has 1 heterocycles. The van der Waals surface area contributed by atoms with Crippen LogP contribution in [0.25, 0.3) is 22.4 Å². The Morgan fingerprint density at radius 1 is 1.18 bits per heavy atom. The SMILES string of the molecule is CC(C)c1c(Br)cc(C(C)(C)C)c(O)c1-c1nc2cc(S(C)(=O)=O)ccc2[nH]1. The van der Waals surface area contributed by atoms with Gasteiger partial charge >= 0.3 is 0 Å². The van der Waals surface area contributed by atoms with Gasteiger partial charge in [0.2, 0.25) is 0 Å². The number of aromatic amines is 1. The monoisotopic (exact) mass is 464 g/mol. The van der Waals surface area contributed by atoms with E-state index in [0.717, 1.165) is 15.6 Å². The average molecular weight is 465 g/mol. The molecule has 0 unspecified atom stereocenters. The number of phenols is 1. The van der Waals surface area contributed by atoms with E-state index in [1.165, 1.54) is 6.26 Å². The zero-order valence-electron chi connectivity index (χ0n) is 16.9. The molecule has 0 radical (unpaired) electrons. The minimum Gasteiger partial charge on any atom is -0.507 e. The van der Waals surface area contributed by atoms with Crippen LogP contribution in [-0.2, 0) is 15.3 Å². The maximum atomic E-state index is 11.9. The summed E-state index contributed by atoms with van der Waals surface area (Å²) in [6, 6.07) is 6.79. The Hall–Kier alpha value is -1.86. The molecule has 0 bridgehead atoms. The second-order valence-electron chi connectivity index (χ2n) is 8.48. The summed E-state index contributed by atoms with van der Waals surface area (Å²) in [4.78, 5) is 8.09. The third kappa shape index (κ3) is 3.70. The third-order valence-corrected chi connectivity index (χ3v) is 6.56. The molecule has 0 fully saturated rings. The Bertz CT molecular complexity index is 1170. The van der Waals surface area contributed by atoms with E-state index < -0.39 is 9.84 Å². The number of halogens is 1. The van der Waals surface area contributed by atoms with Crippen molar-refractivity contribution in [3.05, 3.63) is 39.9 Å². The van der Waals surface area contributed by atoms with Crippen molar-refractivity contribution in [2.45, 2.75) is 50.8 Å². The Morgan fingerprint density at radius 3 is 2.36 bits per heavy atom. The van der Waals surface area contributed by atoms with E-state index in [4.69, 9.17) is 0 Å². The van der Waals surface area contributed by atoms with E-state index in [1.807, 2.05) is 26.8 Å². The molecule has 3 rings (SSSR count). The molecule has 0 atom stereocenters. The van der Waals surface area contributed by atoms with E-state index in [9.17, 15) is 13.5 Å². The van der Waals surface area contributed by atoms with E-state index in [-0.39, 0.29) is 22.0 Å². The van der Waals surface area contributed by atoms with Gasteiger partial charge in [-0.25, -0.2) is 13.4 Å². The van der Waals surface area contributed by atoms with Gasteiger partial charge in [-0.05, 0) is 41.2 Å². The van der Waals surface area contributed by atoms with Crippen LogP contribution in [0.5, 0.6) is 5.75 Å². The smallest absolute Gasteiger partial charge is 0.175 e. The number of aromatic nitrogens is 2. The summed E-state index contributed by atoms with van der Waals surface area (Å²) in [6.45, 7) is 10.3. The highest BCUT2D eigenvalue weighted by molar-refractivity contribution is 9.10. The molecule has 0 spiro atoms. The molecule has 0 saturated carbocycles. The maximum absolute atomic E-state index is 11.9. The summed E-state index contributed by atoms with van der Waals surface area (Å²) in [7, 11) is -3.32. The van der Waals surface area contributed by atoms with Crippen LogP contribution in [-0.4, -0.2) is 29.7 Å². The number of phenolic OH excluding ortho intramolecular Hbond substituents is 1. The van der Waals surface area contributed by atoms with Crippen molar-refractivity contribution in [3.8, 4) is 17.1 Å². The van der Waals surface area contributed by atoms with Crippen molar-refractivity contribution in [3.63, 3.8) is 0 Å². The van der Waals surface area contributed by atoms with Gasteiger partial charge in [0.05, 0.1) is 21.5 Å². The molecule has 1 aromatic heterocycles. The number of nitrogens with zero attached hydrogens (tertiary/aromatic N) is 1. The van der Waals surface area contributed by atoms with Crippen LogP contribution in [0.15, 0.2) is 33.6 Å². The van der Waals surface area contributed by atoms with Gasteiger partial charge in [-0.1, -0.05) is 50.5 Å². The van der Waals surface area contributed by atoms with E-state index in [1.54, 1.807) is 18.2 Å². The van der Waals surface area contributed by atoms with Crippen molar-refractivity contribution in [2.24, 2.45) is 0 Å². The molecule has 2 aromatic carbocycles. The molecule has 0 amide bonds. The molecule has 3 aromatic rings. The van der Waals surface area contributed by atoms with Crippen molar-refractivity contribution >= 4 is 36.8 Å². The molecule has 0 aliphatic heterocycles. The summed E-state index contributed by atoms with van der Waals surface area (Å²) in [5.41, 5.74) is 3.42. The van der Waals surface area contributed by atoms with E-state index >= 15 is 0 Å². The highest BCUT2D eigenvalue weighted by atomic mass is 79.9. The number of hydrogen-bond acceptors (Lipinski definition) is 4. The first-order chi connectivity index (χ1) is 12.8. The number of benzene rings is 2. The van der Waals surface area contributed by atoms with Crippen LogP contribution < -0.4 is 0 Å². The molecule has 0 saturated heterocycles. The number of aromatic hydroxyl groups is 1. The summed E-state index contributed by atoms with van der Waals surface area (Å²) in [6.07, 6.45) is 1.17. The highest BCUT2D eigenvalue weighted by Crippen LogP contribution is 2.46. The van der Waals surface area contributed by atoms with Gasteiger partial charge in [-0.2, -0.15) is 0 Å². The number of sulfone groups is 1. The van der Waals surface area contributed by atoms with Gasteiger partial charge < -0.3 is 10.1 Å². The Labute approximate surface area is 174 Å². The predicted octanol–water partition coefficient (Wildman–Crippen LogP) is 5.52. The standard InChI is InChI=1S/C21H25BrN2O3S/c1-11(2)17-14(22)10-13(21(3,4)5)19(25)18(17)20-23-15-8-7-12(28(6,26)27)9-16(15)24-20/h7-11,25H,1-6H3,(H,23,24). The molecule has 28 heavy (non-hydrogen) atoms. The zero-order chi connectivity index (χ0) is 21.0. The molecule has 0 aliphatic rings. The summed E-state index contributed by atoms with van der Waals surface area (Å²) in [5.74, 6) is 0.861. The largest absolute Gasteiger partial charge is 0.507 e. The van der Waals surface area contributed by atoms with Crippen LogP contribution in [0, 0.1) is 0 Å². The Morgan fingerprint density at radius 2 is 1.82 bits per heavy atom. The van der Waals surface area contributed by atoms with Gasteiger partial charge in [0.25, 0.3) is 0 Å². The normalized spacial score (nSPS) is 12.9. The second-order valence-corrected chi connectivity index (χ2v) is 11.4. The number of H-pyrrole nitrogens is 1. The molecule has 2 N–H and O–H groups in total. The minimum absolute atomic E-state index is 0.143. The maximum Gasteiger partial charge on any atom is 0.175 e. The van der Waals surface area contributed by atoms with Gasteiger partial charge in [0.15, 0.2) is 9.84 Å². The third-order valence-electron chi connectivity index (χ3n) is 4.79. The molecule has 150 valence electrons. The van der Waals surface area contributed by atoms with E-state index in [2.05, 4.69) is 39.7 Å². The first-order valence-electron chi connectivity index (χ1n) is 9.06. The van der Waals surface area contributed by atoms with Gasteiger partial charge in [0, 0.05) is 16.3 Å². The highest BCUT2D eigenvalue weighted by Gasteiger charge is 2.27. The number of nitrogens with one attached hydrogen (secondary N) is 1. The first kappa shape index (κ1) is 20.9. The Kier molecular flexibility index (Phi) is 5.13. The topological polar surface area (TPSA) is 83.1 Å². The fourth-order valence-electron chi connectivity index (χ4n) is 3.37. The molecule has 7 heteroatoms. The predicted molar refractivity (Wildman–Crippen MR) is 117 cm³/mol. The van der Waals surface area contributed by atoms with Crippen molar-refractivity contribution in [1.29, 1.82) is 0 Å². The van der Waals surface area contributed by atoms with Crippen molar-refractivity contribution in [1.82, 2.24) is 9.97 Å². The molecular weight excluding hydrogens is 440 g/mol. The lowest BCUT2D eigenvalue weighted by Gasteiger charge is -2.25. The van der Waals surface area contributed by atoms with Crippen molar-refractivity contribution < 1.29 is 13.5 Å². The van der Waals surface area contributed by atoms with Gasteiger partial charge in [-0.15, -0.1) is 0 Å². The minimum atomic E-state index is -3.32. The second kappa shape index (κ2) is 6.88. The van der Waals surface area contributed by atoms with Gasteiger partial charge in [0.1, 0.15) is 11.6 Å². The van der Waals surface area contributed by atoms with Crippen LogP contribution in [0.3, 0.4) is 0 Å². The quantitative estimate of drug-likeness (QED) is 0.534. The fraction of sp³-hybridized carbons (Fsp3) is 0.381. The molecule has 0 aliphatic carbocycles. The summed E-state index contributed by atoms with van der Waals surface area (Å²) >= 11 is 3.67. The fourth-order valence-corrected chi connectivity index (χ4v) is 4.89. The van der Waals surface area contributed by atoms with Crippen LogP contribution in [0.2, 0.25) is 0 Å². The lowest BCUT2D eigenvalue weighted by atomic mass is 9.82. The Balaban J connectivity index is 2.35. The van der Waals surface area contributed by atoms with E-state index in [0.29, 0.717) is 22.4 Å². The van der Waals surface area contributed by atoms with Crippen LogP contribution >= 0.6 is 15.9 Å². The lowest BCUT2D eigenvalue weighted by molar-refractivity contribution is 0.447. The number of rotatable bonds is 3. The lowest BCUT2D eigenvalue weighted by Crippen LogP contribution is -2.13. The summed E-state index contributed by atoms with van der Waals surface area (Å²) < 4.78 is 24.6.